The number of aliphatic hydroxyl groups is 4. The van der Waals surface area contributed by atoms with Crippen LogP contribution in [0.2, 0.25) is 0 Å². The van der Waals surface area contributed by atoms with E-state index in [1.165, 1.54) is 0 Å². The standard InChI is InChI=1S/C29H44O8/c1-27-8-5-18(36-25-13-22(31)26(33)23(14-30)37-25)12-17(27)3-4-21-20(27)6-9-28(2)19(7-10-29(21,28)34)16-11-24(32)35-15-16/h11,17-23,25-26,30-31,33-34H,3-10,12-15H2,1-2H3/t17-,18-,19+,20-,21+,22+,23-,25-,26-,27-,28+,29+/m0/s1. The van der Waals surface area contributed by atoms with Crippen LogP contribution in [0.3, 0.4) is 0 Å². The van der Waals surface area contributed by atoms with Gasteiger partial charge in [-0.05, 0) is 92.4 Å². The monoisotopic (exact) mass is 520 g/mol. The van der Waals surface area contributed by atoms with Gasteiger partial charge >= 0.3 is 5.97 Å². The molecule has 4 N–H and O–H groups in total. The Hall–Kier alpha value is -1.03. The second kappa shape index (κ2) is 9.27. The summed E-state index contributed by atoms with van der Waals surface area (Å²) in [6.45, 7) is 4.73. The molecule has 0 radical (unpaired) electrons. The summed E-state index contributed by atoms with van der Waals surface area (Å²) < 4.78 is 17.3. The van der Waals surface area contributed by atoms with E-state index in [4.69, 9.17) is 14.2 Å². The van der Waals surface area contributed by atoms with Gasteiger partial charge in [0.25, 0.3) is 0 Å². The lowest BCUT2D eigenvalue weighted by atomic mass is 9.43. The zero-order valence-corrected chi connectivity index (χ0v) is 22.2. The first-order chi connectivity index (χ1) is 17.6. The number of hydrogen-bond donors (Lipinski definition) is 4. The van der Waals surface area contributed by atoms with Crippen molar-refractivity contribution < 1.29 is 39.4 Å². The third-order valence-electron chi connectivity index (χ3n) is 12.0. The summed E-state index contributed by atoms with van der Waals surface area (Å²) in [5.41, 5.74) is 0.302. The number of cyclic esters (lactones) is 1. The van der Waals surface area contributed by atoms with Crippen molar-refractivity contribution in [1.29, 1.82) is 0 Å². The van der Waals surface area contributed by atoms with Crippen molar-refractivity contribution in [2.75, 3.05) is 13.2 Å². The molecular weight excluding hydrogens is 476 g/mol. The Morgan fingerprint density at radius 1 is 1.03 bits per heavy atom. The van der Waals surface area contributed by atoms with Crippen LogP contribution in [0, 0.1) is 34.5 Å². The zero-order chi connectivity index (χ0) is 26.2. The first-order valence-electron chi connectivity index (χ1n) is 14.5. The molecule has 4 aliphatic carbocycles. The van der Waals surface area contributed by atoms with Crippen LogP contribution in [-0.4, -0.2) is 75.9 Å². The van der Waals surface area contributed by atoms with Gasteiger partial charge < -0.3 is 34.6 Å². The normalized spacial score (nSPS) is 53.6. The molecule has 0 unspecified atom stereocenters. The molecule has 5 fully saturated rings. The molecule has 2 aliphatic heterocycles. The molecule has 0 aromatic heterocycles. The molecule has 8 heteroatoms. The average molecular weight is 521 g/mol. The van der Waals surface area contributed by atoms with E-state index in [1.807, 2.05) is 0 Å². The highest BCUT2D eigenvalue weighted by atomic mass is 16.7. The number of carbonyl (C=O) groups excluding carboxylic acids is 1. The number of hydrogen-bond acceptors (Lipinski definition) is 8. The summed E-state index contributed by atoms with van der Waals surface area (Å²) in [4.78, 5) is 11.8. The topological polar surface area (TPSA) is 126 Å². The lowest BCUT2D eigenvalue weighted by molar-refractivity contribution is -0.278. The average Bonchev–Trinajstić information content (AvgIpc) is 3.41. The maximum atomic E-state index is 12.4. The largest absolute Gasteiger partial charge is 0.458 e. The van der Waals surface area contributed by atoms with Crippen LogP contribution in [-0.2, 0) is 19.0 Å². The molecule has 0 aromatic rings. The van der Waals surface area contributed by atoms with Crippen molar-refractivity contribution in [2.45, 2.75) is 114 Å². The number of fused-ring (bicyclic) bond motifs is 5. The Labute approximate surface area is 219 Å². The third kappa shape index (κ3) is 3.96. The van der Waals surface area contributed by atoms with Gasteiger partial charge in [0.2, 0.25) is 0 Å². The van der Waals surface area contributed by atoms with E-state index in [1.54, 1.807) is 6.08 Å². The molecule has 6 rings (SSSR count). The minimum absolute atomic E-state index is 0.0288. The molecule has 37 heavy (non-hydrogen) atoms. The molecule has 2 heterocycles. The van der Waals surface area contributed by atoms with Gasteiger partial charge in [-0.25, -0.2) is 4.79 Å². The quantitative estimate of drug-likeness (QED) is 0.329. The van der Waals surface area contributed by atoms with Crippen LogP contribution in [0.4, 0.5) is 0 Å². The number of ether oxygens (including phenoxy) is 3. The molecule has 1 saturated heterocycles. The van der Waals surface area contributed by atoms with E-state index in [0.717, 1.165) is 63.4 Å². The van der Waals surface area contributed by atoms with Gasteiger partial charge in [0.15, 0.2) is 6.29 Å². The summed E-state index contributed by atoms with van der Waals surface area (Å²) >= 11 is 0. The smallest absolute Gasteiger partial charge is 0.331 e. The number of aliphatic hydroxyl groups excluding tert-OH is 3. The van der Waals surface area contributed by atoms with Gasteiger partial charge in [-0.3, -0.25) is 0 Å². The van der Waals surface area contributed by atoms with Crippen LogP contribution < -0.4 is 0 Å². The van der Waals surface area contributed by atoms with Gasteiger partial charge in [0.05, 0.1) is 24.4 Å². The summed E-state index contributed by atoms with van der Waals surface area (Å²) in [5.74, 6) is 1.23. The van der Waals surface area contributed by atoms with E-state index >= 15 is 0 Å². The fraction of sp³-hybridized carbons (Fsp3) is 0.897. The predicted molar refractivity (Wildman–Crippen MR) is 133 cm³/mol. The Morgan fingerprint density at radius 3 is 2.57 bits per heavy atom. The molecule has 0 spiro atoms. The van der Waals surface area contributed by atoms with Gasteiger partial charge in [0.1, 0.15) is 18.8 Å². The molecule has 12 atom stereocenters. The Bertz CT molecular complexity index is 937. The second-order valence-corrected chi connectivity index (χ2v) is 13.4. The minimum atomic E-state index is -1.09. The molecule has 0 bridgehead atoms. The molecule has 4 saturated carbocycles. The third-order valence-corrected chi connectivity index (χ3v) is 12.0. The molecule has 6 aliphatic rings. The Morgan fingerprint density at radius 2 is 1.84 bits per heavy atom. The lowest BCUT2D eigenvalue weighted by Crippen LogP contribution is -2.62. The highest BCUT2D eigenvalue weighted by Crippen LogP contribution is 2.70. The number of rotatable bonds is 4. The number of carbonyl (C=O) groups is 1. The number of esters is 1. The highest BCUT2D eigenvalue weighted by molar-refractivity contribution is 5.85. The van der Waals surface area contributed by atoms with Crippen molar-refractivity contribution in [3.05, 3.63) is 11.6 Å². The van der Waals surface area contributed by atoms with Gasteiger partial charge in [-0.2, -0.15) is 0 Å². The highest BCUT2D eigenvalue weighted by Gasteiger charge is 2.67. The van der Waals surface area contributed by atoms with Crippen molar-refractivity contribution in [3.63, 3.8) is 0 Å². The Kier molecular flexibility index (Phi) is 6.57. The van der Waals surface area contributed by atoms with E-state index in [9.17, 15) is 25.2 Å². The second-order valence-electron chi connectivity index (χ2n) is 13.4. The Balaban J connectivity index is 1.15. The van der Waals surface area contributed by atoms with E-state index < -0.39 is 30.2 Å². The van der Waals surface area contributed by atoms with Crippen LogP contribution in [0.15, 0.2) is 11.6 Å². The van der Waals surface area contributed by atoms with Crippen molar-refractivity contribution in [2.24, 2.45) is 34.5 Å². The predicted octanol–water partition coefficient (Wildman–Crippen LogP) is 2.46. The maximum absolute atomic E-state index is 12.4. The van der Waals surface area contributed by atoms with Gasteiger partial charge in [-0.15, -0.1) is 0 Å². The van der Waals surface area contributed by atoms with Crippen LogP contribution >= 0.6 is 0 Å². The van der Waals surface area contributed by atoms with Crippen LogP contribution in [0.5, 0.6) is 0 Å². The summed E-state index contributed by atoms with van der Waals surface area (Å²) in [5, 5.41) is 42.1. The molecular formula is C29H44O8. The molecule has 0 amide bonds. The molecule has 208 valence electrons. The maximum Gasteiger partial charge on any atom is 0.331 e. The van der Waals surface area contributed by atoms with Crippen molar-refractivity contribution >= 4 is 5.97 Å². The first-order valence-corrected chi connectivity index (χ1v) is 14.5. The first kappa shape index (κ1) is 26.2. The molecule has 0 aromatic carbocycles. The summed E-state index contributed by atoms with van der Waals surface area (Å²) in [6, 6.07) is 0. The van der Waals surface area contributed by atoms with E-state index in [-0.39, 0.29) is 47.8 Å². The van der Waals surface area contributed by atoms with E-state index in [0.29, 0.717) is 18.4 Å². The SMILES string of the molecule is C[C@]12CC[C@H](O[C@@H]3C[C@@H](O)[C@H](O)[C@H](CO)O3)C[C@@H]1CC[C@@H]1[C@@H]2CC[C@]2(C)[C@@H](C3=CC(=O)OC3)CC[C@@]12O. The van der Waals surface area contributed by atoms with Gasteiger partial charge in [0, 0.05) is 17.9 Å². The van der Waals surface area contributed by atoms with Crippen LogP contribution in [0.25, 0.3) is 0 Å². The van der Waals surface area contributed by atoms with Crippen molar-refractivity contribution in [3.8, 4) is 0 Å². The summed E-state index contributed by atoms with van der Waals surface area (Å²) in [7, 11) is 0. The fourth-order valence-corrected chi connectivity index (χ4v) is 9.86. The van der Waals surface area contributed by atoms with E-state index in [2.05, 4.69) is 13.8 Å². The van der Waals surface area contributed by atoms with Crippen LogP contribution in [0.1, 0.15) is 78.1 Å². The van der Waals surface area contributed by atoms with Gasteiger partial charge in [-0.1, -0.05) is 13.8 Å². The minimum Gasteiger partial charge on any atom is -0.458 e. The fourth-order valence-electron chi connectivity index (χ4n) is 9.86. The summed E-state index contributed by atoms with van der Waals surface area (Å²) in [6.07, 6.45) is 7.18. The van der Waals surface area contributed by atoms with Crippen molar-refractivity contribution in [1.82, 2.24) is 0 Å². The lowest BCUT2D eigenvalue weighted by Gasteiger charge is -2.64. The zero-order valence-electron chi connectivity index (χ0n) is 22.2. The molecule has 8 nitrogen and oxygen atoms in total.